The fraction of sp³-hybridized carbons (Fsp3) is 0.381. The van der Waals surface area contributed by atoms with Gasteiger partial charge in [-0.2, -0.15) is 0 Å². The summed E-state index contributed by atoms with van der Waals surface area (Å²) in [5.74, 6) is 0.226. The van der Waals surface area contributed by atoms with E-state index in [2.05, 4.69) is 13.8 Å². The maximum atomic E-state index is 13.3. The van der Waals surface area contributed by atoms with Crippen LogP contribution in [0.4, 0.5) is 0 Å². The third-order valence-electron chi connectivity index (χ3n) is 4.60. The normalized spacial score (nSPS) is 11.3. The molecule has 2 heterocycles. The van der Waals surface area contributed by atoms with Crippen LogP contribution < -0.4 is 5.56 Å². The highest BCUT2D eigenvalue weighted by atomic mass is 32.2. The van der Waals surface area contributed by atoms with Crippen LogP contribution in [0.2, 0.25) is 0 Å². The highest BCUT2D eigenvalue weighted by Gasteiger charge is 2.19. The Morgan fingerprint density at radius 1 is 1.25 bits per heavy atom. The molecule has 0 saturated heterocycles. The molecule has 0 N–H and O–H groups in total. The van der Waals surface area contributed by atoms with Crippen LogP contribution >= 0.6 is 11.8 Å². The van der Waals surface area contributed by atoms with Gasteiger partial charge in [0.05, 0.1) is 12.9 Å². The molecule has 3 aromatic rings. The minimum atomic E-state index is -0.342. The molecule has 0 fully saturated rings. The first kappa shape index (κ1) is 20.2. The SMILES string of the molecule is COC(=O)CSc1nc2c(-c3ccccc3)cn(C)c2c(=O)n1CCC(C)C. The van der Waals surface area contributed by atoms with E-state index in [-0.39, 0.29) is 17.3 Å². The number of nitrogens with zero attached hydrogens (tertiary/aromatic N) is 3. The van der Waals surface area contributed by atoms with Crippen LogP contribution in [-0.4, -0.2) is 33.0 Å². The lowest BCUT2D eigenvalue weighted by molar-refractivity contribution is -0.137. The molecule has 2 aromatic heterocycles. The molecule has 6 nitrogen and oxygen atoms in total. The van der Waals surface area contributed by atoms with Gasteiger partial charge in [0.1, 0.15) is 11.0 Å². The molecule has 0 radical (unpaired) electrons. The van der Waals surface area contributed by atoms with Crippen LogP contribution in [0, 0.1) is 5.92 Å². The monoisotopic (exact) mass is 399 g/mol. The number of fused-ring (bicyclic) bond motifs is 1. The van der Waals surface area contributed by atoms with E-state index in [1.165, 1.54) is 18.9 Å². The second-order valence-electron chi connectivity index (χ2n) is 7.12. The number of benzene rings is 1. The molecule has 7 heteroatoms. The third-order valence-corrected chi connectivity index (χ3v) is 5.55. The molecular weight excluding hydrogens is 374 g/mol. The van der Waals surface area contributed by atoms with E-state index in [1.54, 1.807) is 4.57 Å². The molecule has 0 aliphatic rings. The number of carbonyl (C=O) groups is 1. The van der Waals surface area contributed by atoms with Crippen molar-refractivity contribution >= 4 is 28.8 Å². The average Bonchev–Trinajstić information content (AvgIpc) is 3.02. The zero-order valence-corrected chi connectivity index (χ0v) is 17.5. The van der Waals surface area contributed by atoms with Gasteiger partial charge < -0.3 is 9.30 Å². The number of methoxy groups -OCH3 is 1. The summed E-state index contributed by atoms with van der Waals surface area (Å²) in [4.78, 5) is 29.8. The second-order valence-corrected chi connectivity index (χ2v) is 8.06. The summed E-state index contributed by atoms with van der Waals surface area (Å²) in [7, 11) is 3.22. The maximum Gasteiger partial charge on any atom is 0.316 e. The standard InChI is InChI=1S/C21H25N3O3S/c1-14(2)10-11-24-20(26)19-18(22-21(24)28-13-17(25)27-4)16(12-23(19)3)15-8-6-5-7-9-15/h5-9,12,14H,10-11,13H2,1-4H3. The predicted octanol–water partition coefficient (Wildman–Crippen LogP) is 3.71. The lowest BCUT2D eigenvalue weighted by Crippen LogP contribution is -2.25. The highest BCUT2D eigenvalue weighted by Crippen LogP contribution is 2.29. The molecule has 0 atom stereocenters. The summed E-state index contributed by atoms with van der Waals surface area (Å²) >= 11 is 1.24. The van der Waals surface area contributed by atoms with E-state index in [0.717, 1.165) is 17.5 Å². The third kappa shape index (κ3) is 4.14. The Balaban J connectivity index is 2.17. The number of aryl methyl sites for hydroxylation is 1. The lowest BCUT2D eigenvalue weighted by atomic mass is 10.1. The number of hydrogen-bond acceptors (Lipinski definition) is 5. The minimum absolute atomic E-state index is 0.0808. The van der Waals surface area contributed by atoms with Crippen molar-refractivity contribution in [2.45, 2.75) is 32.0 Å². The van der Waals surface area contributed by atoms with Crippen molar-refractivity contribution in [3.05, 3.63) is 46.9 Å². The highest BCUT2D eigenvalue weighted by molar-refractivity contribution is 7.99. The Morgan fingerprint density at radius 3 is 2.61 bits per heavy atom. The Morgan fingerprint density at radius 2 is 1.96 bits per heavy atom. The Kier molecular flexibility index (Phi) is 6.24. The van der Waals surface area contributed by atoms with Gasteiger partial charge in [0.15, 0.2) is 5.16 Å². The largest absolute Gasteiger partial charge is 0.468 e. The van der Waals surface area contributed by atoms with E-state index < -0.39 is 0 Å². The molecule has 148 valence electrons. The van der Waals surface area contributed by atoms with Gasteiger partial charge in [-0.25, -0.2) is 4.98 Å². The molecule has 0 bridgehead atoms. The van der Waals surface area contributed by atoms with Gasteiger partial charge >= 0.3 is 5.97 Å². The Labute approximate surface area is 168 Å². The quantitative estimate of drug-likeness (QED) is 0.344. The van der Waals surface area contributed by atoms with E-state index in [4.69, 9.17) is 9.72 Å². The molecular formula is C21H25N3O3S. The van der Waals surface area contributed by atoms with Gasteiger partial charge in [0, 0.05) is 25.4 Å². The molecule has 28 heavy (non-hydrogen) atoms. The Bertz CT molecular complexity index is 1040. The summed E-state index contributed by atoms with van der Waals surface area (Å²) in [5, 5.41) is 0.548. The summed E-state index contributed by atoms with van der Waals surface area (Å²) in [5.41, 5.74) is 3.06. The van der Waals surface area contributed by atoms with Crippen molar-refractivity contribution in [2.24, 2.45) is 13.0 Å². The van der Waals surface area contributed by atoms with Crippen LogP contribution in [-0.2, 0) is 23.1 Å². The second kappa shape index (κ2) is 8.65. The molecule has 0 aliphatic carbocycles. The van der Waals surface area contributed by atoms with Crippen LogP contribution in [0.25, 0.3) is 22.2 Å². The van der Waals surface area contributed by atoms with Gasteiger partial charge in [-0.3, -0.25) is 14.2 Å². The van der Waals surface area contributed by atoms with Crippen molar-refractivity contribution in [1.29, 1.82) is 0 Å². The fourth-order valence-corrected chi connectivity index (χ4v) is 3.91. The first-order valence-corrected chi connectivity index (χ1v) is 10.3. The van der Waals surface area contributed by atoms with Gasteiger partial charge in [0.2, 0.25) is 0 Å². The van der Waals surface area contributed by atoms with Crippen LogP contribution in [0.15, 0.2) is 46.5 Å². The molecule has 0 unspecified atom stereocenters. The molecule has 3 rings (SSSR count). The molecule has 0 saturated carbocycles. The van der Waals surface area contributed by atoms with E-state index >= 15 is 0 Å². The minimum Gasteiger partial charge on any atom is -0.468 e. The summed E-state index contributed by atoms with van der Waals surface area (Å²) in [6.45, 7) is 4.80. The Hall–Kier alpha value is -2.54. The zero-order chi connectivity index (χ0) is 20.3. The number of esters is 1. The van der Waals surface area contributed by atoms with Gasteiger partial charge in [0.25, 0.3) is 5.56 Å². The van der Waals surface area contributed by atoms with Crippen molar-refractivity contribution in [3.8, 4) is 11.1 Å². The topological polar surface area (TPSA) is 66.1 Å². The van der Waals surface area contributed by atoms with Crippen LogP contribution in [0.5, 0.6) is 0 Å². The summed E-state index contributed by atoms with van der Waals surface area (Å²) in [6, 6.07) is 9.89. The van der Waals surface area contributed by atoms with Gasteiger partial charge in [-0.1, -0.05) is 55.9 Å². The average molecular weight is 400 g/mol. The first-order chi connectivity index (χ1) is 13.4. The maximum absolute atomic E-state index is 13.3. The number of aromatic nitrogens is 3. The fourth-order valence-electron chi connectivity index (χ4n) is 3.06. The zero-order valence-electron chi connectivity index (χ0n) is 16.6. The van der Waals surface area contributed by atoms with Crippen molar-refractivity contribution in [1.82, 2.24) is 14.1 Å². The van der Waals surface area contributed by atoms with Crippen molar-refractivity contribution in [2.75, 3.05) is 12.9 Å². The molecule has 1 aromatic carbocycles. The summed E-state index contributed by atoms with van der Waals surface area (Å²) < 4.78 is 8.27. The lowest BCUT2D eigenvalue weighted by Gasteiger charge is -2.13. The van der Waals surface area contributed by atoms with Crippen molar-refractivity contribution < 1.29 is 9.53 Å². The van der Waals surface area contributed by atoms with E-state index in [9.17, 15) is 9.59 Å². The van der Waals surface area contributed by atoms with Gasteiger partial charge in [-0.15, -0.1) is 0 Å². The molecule has 0 amide bonds. The number of rotatable bonds is 7. The first-order valence-electron chi connectivity index (χ1n) is 9.27. The number of carbonyl (C=O) groups excluding carboxylic acids is 1. The van der Waals surface area contributed by atoms with Gasteiger partial charge in [-0.05, 0) is 17.9 Å². The van der Waals surface area contributed by atoms with Crippen molar-refractivity contribution in [3.63, 3.8) is 0 Å². The van der Waals surface area contributed by atoms with E-state index in [0.29, 0.717) is 28.7 Å². The van der Waals surface area contributed by atoms with Crippen LogP contribution in [0.1, 0.15) is 20.3 Å². The molecule has 0 aliphatic heterocycles. The number of ether oxygens (including phenoxy) is 1. The number of hydrogen-bond donors (Lipinski definition) is 0. The van der Waals surface area contributed by atoms with E-state index in [1.807, 2.05) is 48.1 Å². The summed E-state index contributed by atoms with van der Waals surface area (Å²) in [6.07, 6.45) is 2.80. The van der Waals surface area contributed by atoms with Crippen LogP contribution in [0.3, 0.4) is 0 Å². The number of thioether (sulfide) groups is 1. The smallest absolute Gasteiger partial charge is 0.316 e. The molecule has 0 spiro atoms. The predicted molar refractivity (Wildman–Crippen MR) is 113 cm³/mol.